The molecule has 1 aromatic heterocycles. The van der Waals surface area contributed by atoms with E-state index in [1.54, 1.807) is 0 Å². The molecule has 88 valence electrons. The van der Waals surface area contributed by atoms with Gasteiger partial charge in [-0.3, -0.25) is 0 Å². The quantitative estimate of drug-likeness (QED) is 0.848. The van der Waals surface area contributed by atoms with Crippen LogP contribution in [0.5, 0.6) is 0 Å². The summed E-state index contributed by atoms with van der Waals surface area (Å²) in [4.78, 5) is 4.23. The van der Waals surface area contributed by atoms with Crippen molar-refractivity contribution in [2.45, 2.75) is 45.2 Å². The zero-order valence-electron chi connectivity index (χ0n) is 9.97. The van der Waals surface area contributed by atoms with Crippen molar-refractivity contribution in [2.24, 2.45) is 23.5 Å². The zero-order valence-corrected chi connectivity index (χ0v) is 9.97. The van der Waals surface area contributed by atoms with E-state index < -0.39 is 0 Å². The monoisotopic (exact) mass is 219 g/mol. The molecule has 3 heteroatoms. The highest BCUT2D eigenvalue weighted by Gasteiger charge is 2.39. The highest BCUT2D eigenvalue weighted by atomic mass is 15.1. The summed E-state index contributed by atoms with van der Waals surface area (Å²) in [6.45, 7) is 3.17. The number of aromatic nitrogens is 2. The van der Waals surface area contributed by atoms with Crippen LogP contribution in [0.2, 0.25) is 0 Å². The lowest BCUT2D eigenvalue weighted by Gasteiger charge is -2.23. The molecule has 0 saturated heterocycles. The largest absolute Gasteiger partial charge is 0.333 e. The van der Waals surface area contributed by atoms with Gasteiger partial charge in [0.2, 0.25) is 0 Å². The summed E-state index contributed by atoms with van der Waals surface area (Å²) in [5.41, 5.74) is 7.13. The van der Waals surface area contributed by atoms with E-state index in [0.717, 1.165) is 24.3 Å². The van der Waals surface area contributed by atoms with Crippen molar-refractivity contribution in [2.75, 3.05) is 0 Å². The Bertz CT molecular complexity index is 369. The van der Waals surface area contributed by atoms with Crippen LogP contribution in [0.4, 0.5) is 0 Å². The summed E-state index contributed by atoms with van der Waals surface area (Å²) in [5.74, 6) is 2.89. The van der Waals surface area contributed by atoms with Gasteiger partial charge in [0, 0.05) is 18.8 Å². The second-order valence-electron chi connectivity index (χ2n) is 5.69. The number of imidazole rings is 1. The van der Waals surface area contributed by atoms with Gasteiger partial charge in [-0.25, -0.2) is 4.98 Å². The first-order valence-corrected chi connectivity index (χ1v) is 6.49. The number of hydrogen-bond acceptors (Lipinski definition) is 2. The molecule has 2 bridgehead atoms. The van der Waals surface area contributed by atoms with Gasteiger partial charge in [0.15, 0.2) is 0 Å². The Morgan fingerprint density at radius 2 is 2.38 bits per heavy atom. The van der Waals surface area contributed by atoms with Crippen LogP contribution in [-0.2, 0) is 6.54 Å². The van der Waals surface area contributed by atoms with E-state index in [9.17, 15) is 0 Å². The lowest BCUT2D eigenvalue weighted by Crippen LogP contribution is -2.20. The lowest BCUT2D eigenvalue weighted by molar-refractivity contribution is 0.292. The van der Waals surface area contributed by atoms with E-state index in [1.807, 2.05) is 19.4 Å². The molecule has 16 heavy (non-hydrogen) atoms. The van der Waals surface area contributed by atoms with Crippen molar-refractivity contribution in [1.29, 1.82) is 0 Å². The van der Waals surface area contributed by atoms with Gasteiger partial charge in [-0.15, -0.1) is 0 Å². The first kappa shape index (κ1) is 10.3. The van der Waals surface area contributed by atoms with Crippen LogP contribution >= 0.6 is 0 Å². The molecule has 0 spiro atoms. The van der Waals surface area contributed by atoms with Gasteiger partial charge in [-0.1, -0.05) is 6.42 Å². The van der Waals surface area contributed by atoms with Crippen LogP contribution in [0.3, 0.4) is 0 Å². The first-order chi connectivity index (χ1) is 7.74. The Balaban J connectivity index is 1.72. The Morgan fingerprint density at radius 3 is 3.00 bits per heavy atom. The van der Waals surface area contributed by atoms with Gasteiger partial charge in [0.05, 0.1) is 12.0 Å². The summed E-state index contributed by atoms with van der Waals surface area (Å²) >= 11 is 0. The predicted molar refractivity (Wildman–Crippen MR) is 63.8 cm³/mol. The van der Waals surface area contributed by atoms with Crippen molar-refractivity contribution in [3.05, 3.63) is 18.2 Å². The molecule has 0 aromatic carbocycles. The van der Waals surface area contributed by atoms with E-state index in [4.69, 9.17) is 5.73 Å². The fourth-order valence-corrected chi connectivity index (χ4v) is 3.72. The number of nitrogens with two attached hydrogens (primary N) is 1. The molecule has 0 aliphatic heterocycles. The van der Waals surface area contributed by atoms with Gasteiger partial charge >= 0.3 is 0 Å². The summed E-state index contributed by atoms with van der Waals surface area (Å²) in [6.07, 6.45) is 9.71. The molecule has 1 aromatic rings. The topological polar surface area (TPSA) is 43.8 Å². The number of nitrogens with zero attached hydrogens (tertiary/aromatic N) is 2. The lowest BCUT2D eigenvalue weighted by atomic mass is 9.89. The van der Waals surface area contributed by atoms with Crippen LogP contribution in [-0.4, -0.2) is 9.55 Å². The second kappa shape index (κ2) is 3.88. The third-order valence-corrected chi connectivity index (χ3v) is 4.53. The molecule has 0 amide bonds. The van der Waals surface area contributed by atoms with E-state index in [2.05, 4.69) is 9.55 Å². The van der Waals surface area contributed by atoms with Gasteiger partial charge in [0.1, 0.15) is 0 Å². The minimum absolute atomic E-state index is 0.0982. The summed E-state index contributed by atoms with van der Waals surface area (Å²) < 4.78 is 2.27. The summed E-state index contributed by atoms with van der Waals surface area (Å²) in [5, 5.41) is 0. The number of hydrogen-bond donors (Lipinski definition) is 1. The fraction of sp³-hybridized carbons (Fsp3) is 0.769. The average Bonchev–Trinajstić information content (AvgIpc) is 2.91. The molecule has 1 heterocycles. The molecule has 2 N–H and O–H groups in total. The molecule has 3 nitrogen and oxygen atoms in total. The van der Waals surface area contributed by atoms with E-state index >= 15 is 0 Å². The van der Waals surface area contributed by atoms with Crippen molar-refractivity contribution in [1.82, 2.24) is 9.55 Å². The molecule has 4 atom stereocenters. The van der Waals surface area contributed by atoms with Crippen LogP contribution in [0.25, 0.3) is 0 Å². The maximum absolute atomic E-state index is 5.95. The fourth-order valence-electron chi connectivity index (χ4n) is 3.72. The molecule has 3 rings (SSSR count). The molecule has 2 saturated carbocycles. The van der Waals surface area contributed by atoms with E-state index in [1.165, 1.54) is 31.4 Å². The molecule has 2 fully saturated rings. The highest BCUT2D eigenvalue weighted by Crippen LogP contribution is 2.48. The Kier molecular flexibility index (Phi) is 2.51. The Morgan fingerprint density at radius 1 is 1.50 bits per heavy atom. The van der Waals surface area contributed by atoms with Crippen molar-refractivity contribution >= 4 is 0 Å². The molecular weight excluding hydrogens is 198 g/mol. The number of fused-ring (bicyclic) bond motifs is 2. The Labute approximate surface area is 97.0 Å². The average molecular weight is 219 g/mol. The minimum Gasteiger partial charge on any atom is -0.333 e. The van der Waals surface area contributed by atoms with Gasteiger partial charge in [-0.05, 0) is 43.9 Å². The summed E-state index contributed by atoms with van der Waals surface area (Å²) in [7, 11) is 0. The highest BCUT2D eigenvalue weighted by molar-refractivity contribution is 5.04. The smallest absolute Gasteiger partial charge is 0.0948 e. The third kappa shape index (κ3) is 1.67. The van der Waals surface area contributed by atoms with Crippen molar-refractivity contribution < 1.29 is 0 Å². The molecule has 2 aliphatic carbocycles. The standard InChI is InChI=1S/C13H21N3/c1-9(14)13-6-15-8-16(13)7-12-5-10-2-3-11(12)4-10/h6,8-12H,2-5,7,14H2,1H3. The maximum Gasteiger partial charge on any atom is 0.0948 e. The summed E-state index contributed by atoms with van der Waals surface area (Å²) in [6, 6.07) is 0.0982. The molecular formula is C13H21N3. The third-order valence-electron chi connectivity index (χ3n) is 4.53. The predicted octanol–water partition coefficient (Wildman–Crippen LogP) is 2.34. The van der Waals surface area contributed by atoms with E-state index in [0.29, 0.717) is 0 Å². The number of rotatable bonds is 3. The van der Waals surface area contributed by atoms with Crippen molar-refractivity contribution in [3.63, 3.8) is 0 Å². The van der Waals surface area contributed by atoms with Gasteiger partial charge in [-0.2, -0.15) is 0 Å². The van der Waals surface area contributed by atoms with Crippen LogP contribution < -0.4 is 5.73 Å². The van der Waals surface area contributed by atoms with Crippen LogP contribution in [0.1, 0.15) is 44.3 Å². The SMILES string of the molecule is CC(N)c1cncn1CC1CC2CCC1C2. The zero-order chi connectivity index (χ0) is 11.1. The van der Waals surface area contributed by atoms with Crippen molar-refractivity contribution in [3.8, 4) is 0 Å². The minimum atomic E-state index is 0.0982. The maximum atomic E-state index is 5.95. The van der Waals surface area contributed by atoms with Crippen LogP contribution in [0.15, 0.2) is 12.5 Å². The Hall–Kier alpha value is -0.830. The molecule has 4 unspecified atom stereocenters. The normalized spacial score (nSPS) is 34.5. The van der Waals surface area contributed by atoms with Gasteiger partial charge < -0.3 is 10.3 Å². The molecule has 0 radical (unpaired) electrons. The molecule has 2 aliphatic rings. The second-order valence-corrected chi connectivity index (χ2v) is 5.69. The van der Waals surface area contributed by atoms with Crippen LogP contribution in [0, 0.1) is 17.8 Å². The van der Waals surface area contributed by atoms with Gasteiger partial charge in [0.25, 0.3) is 0 Å². The van der Waals surface area contributed by atoms with E-state index in [-0.39, 0.29) is 6.04 Å². The first-order valence-electron chi connectivity index (χ1n) is 6.49.